The summed E-state index contributed by atoms with van der Waals surface area (Å²) < 4.78 is 0. The molecule has 1 atom stereocenters. The van der Waals surface area contributed by atoms with Crippen molar-refractivity contribution in [3.05, 3.63) is 64.6 Å². The van der Waals surface area contributed by atoms with Crippen LogP contribution in [-0.2, 0) is 0 Å². The van der Waals surface area contributed by atoms with Gasteiger partial charge in [-0.1, -0.05) is 29.8 Å². The van der Waals surface area contributed by atoms with Crippen LogP contribution in [-0.4, -0.2) is 47.3 Å². The smallest absolute Gasteiger partial charge is 0.172 e. The van der Waals surface area contributed by atoms with Crippen molar-refractivity contribution < 1.29 is 10.0 Å². The van der Waals surface area contributed by atoms with Crippen LogP contribution in [0.25, 0.3) is 16.6 Å². The van der Waals surface area contributed by atoms with Gasteiger partial charge in [0.25, 0.3) is 0 Å². The Balaban J connectivity index is 1.51. The van der Waals surface area contributed by atoms with Crippen LogP contribution in [0.1, 0.15) is 18.3 Å². The van der Waals surface area contributed by atoms with Gasteiger partial charge in [-0.25, -0.2) is 4.98 Å². The standard InChI is InChI=1S/C23H24ClN5O/c1-15-7-8-17(24)13-21(15)29-11-9-28(10-12-29)16(2)22(30)18(14-25)23-26-19-5-3-4-6-20(19)27-23/h3-8,13,16,30H,9-12H2,1-2H3,(H,26,27)/p+1/b22-18-/t16-/m1/s1. The number of nitrogens with one attached hydrogen (secondary N) is 2. The molecule has 0 bridgehead atoms. The number of aliphatic hydroxyl groups is 1. The molecule has 1 aromatic heterocycles. The van der Waals surface area contributed by atoms with Crippen molar-refractivity contribution in [2.75, 3.05) is 31.1 Å². The van der Waals surface area contributed by atoms with E-state index in [1.54, 1.807) is 0 Å². The van der Waals surface area contributed by atoms with E-state index in [9.17, 15) is 10.4 Å². The number of imidazole rings is 1. The number of fused-ring (bicyclic) bond motifs is 1. The summed E-state index contributed by atoms with van der Waals surface area (Å²) in [4.78, 5) is 11.2. The first-order valence-electron chi connectivity index (χ1n) is 10.1. The van der Waals surface area contributed by atoms with Crippen LogP contribution in [0.4, 0.5) is 5.69 Å². The normalized spacial score (nSPS) is 16.9. The number of aryl methyl sites for hydroxylation is 1. The predicted molar refractivity (Wildman–Crippen MR) is 120 cm³/mol. The third kappa shape index (κ3) is 3.87. The molecule has 0 aliphatic carbocycles. The lowest BCUT2D eigenvalue weighted by Crippen LogP contribution is -3.18. The molecule has 1 saturated heterocycles. The molecule has 2 heterocycles. The maximum Gasteiger partial charge on any atom is 0.172 e. The van der Waals surface area contributed by atoms with Crippen LogP contribution < -0.4 is 9.80 Å². The number of anilines is 1. The van der Waals surface area contributed by atoms with Crippen molar-refractivity contribution in [2.45, 2.75) is 19.9 Å². The van der Waals surface area contributed by atoms with Gasteiger partial charge in [-0.2, -0.15) is 5.26 Å². The number of hydrogen-bond acceptors (Lipinski definition) is 4. The Morgan fingerprint density at radius 3 is 2.70 bits per heavy atom. The summed E-state index contributed by atoms with van der Waals surface area (Å²) in [6.45, 7) is 7.49. The second-order valence-corrected chi connectivity index (χ2v) is 8.21. The first-order chi connectivity index (χ1) is 14.5. The Morgan fingerprint density at radius 2 is 2.00 bits per heavy atom. The van der Waals surface area contributed by atoms with Crippen LogP contribution in [0, 0.1) is 18.3 Å². The highest BCUT2D eigenvalue weighted by molar-refractivity contribution is 6.30. The first kappa shape index (κ1) is 20.3. The maximum absolute atomic E-state index is 10.9. The number of H-pyrrole nitrogens is 1. The fraction of sp³-hybridized carbons (Fsp3) is 0.304. The molecule has 30 heavy (non-hydrogen) atoms. The minimum atomic E-state index is -0.199. The number of halogens is 1. The highest BCUT2D eigenvalue weighted by Gasteiger charge is 2.30. The van der Waals surface area contributed by atoms with Crippen molar-refractivity contribution in [1.29, 1.82) is 5.26 Å². The van der Waals surface area contributed by atoms with Gasteiger partial charge in [0.2, 0.25) is 0 Å². The minimum Gasteiger partial charge on any atom is -0.505 e. The number of piperazine rings is 1. The van der Waals surface area contributed by atoms with Gasteiger partial charge >= 0.3 is 0 Å². The average Bonchev–Trinajstić information content (AvgIpc) is 3.19. The number of nitriles is 1. The SMILES string of the molecule is Cc1ccc(Cl)cc1N1CC[NH+]([C@H](C)/C(O)=C(\C#N)c2nc3ccccc3[nH]2)CC1. The summed E-state index contributed by atoms with van der Waals surface area (Å²) in [5.41, 5.74) is 4.20. The van der Waals surface area contributed by atoms with E-state index in [4.69, 9.17) is 11.6 Å². The van der Waals surface area contributed by atoms with Crippen molar-refractivity contribution in [1.82, 2.24) is 9.97 Å². The number of aliphatic hydroxyl groups excluding tert-OH is 1. The van der Waals surface area contributed by atoms with E-state index in [2.05, 4.69) is 27.9 Å². The second-order valence-electron chi connectivity index (χ2n) is 7.77. The molecule has 4 rings (SSSR count). The molecule has 0 unspecified atom stereocenters. The van der Waals surface area contributed by atoms with Crippen LogP contribution in [0.15, 0.2) is 48.2 Å². The van der Waals surface area contributed by atoms with Crippen LogP contribution in [0.3, 0.4) is 0 Å². The number of para-hydroxylation sites is 2. The molecule has 3 N–H and O–H groups in total. The molecule has 0 saturated carbocycles. The lowest BCUT2D eigenvalue weighted by atomic mass is 10.1. The summed E-state index contributed by atoms with van der Waals surface area (Å²) in [5.74, 6) is 0.495. The van der Waals surface area contributed by atoms with Crippen LogP contribution >= 0.6 is 11.6 Å². The molecule has 7 heteroatoms. The molecule has 1 aliphatic heterocycles. The molecule has 3 aromatic rings. The molecule has 1 fully saturated rings. The van der Waals surface area contributed by atoms with E-state index < -0.39 is 0 Å². The average molecular weight is 423 g/mol. The minimum absolute atomic E-state index is 0.0824. The van der Waals surface area contributed by atoms with Gasteiger partial charge in [0, 0.05) is 10.7 Å². The second kappa shape index (κ2) is 8.39. The van der Waals surface area contributed by atoms with E-state index in [-0.39, 0.29) is 17.4 Å². The number of benzene rings is 2. The van der Waals surface area contributed by atoms with E-state index in [0.717, 1.165) is 47.9 Å². The Labute approximate surface area is 181 Å². The van der Waals surface area contributed by atoms with Gasteiger partial charge in [-0.05, 0) is 43.7 Å². The summed E-state index contributed by atoms with van der Waals surface area (Å²) in [6.07, 6.45) is 0. The summed E-state index contributed by atoms with van der Waals surface area (Å²) in [7, 11) is 0. The Kier molecular flexibility index (Phi) is 5.67. The zero-order valence-electron chi connectivity index (χ0n) is 17.1. The predicted octanol–water partition coefficient (Wildman–Crippen LogP) is 3.11. The fourth-order valence-electron chi connectivity index (χ4n) is 4.10. The third-order valence-corrected chi connectivity index (χ3v) is 6.17. The molecule has 0 amide bonds. The van der Waals surface area contributed by atoms with E-state index in [1.807, 2.05) is 49.4 Å². The first-order valence-corrected chi connectivity index (χ1v) is 10.5. The van der Waals surface area contributed by atoms with Gasteiger partial charge in [0.15, 0.2) is 11.6 Å². The number of hydrogen-bond donors (Lipinski definition) is 3. The molecular formula is C23H25ClN5O+. The van der Waals surface area contributed by atoms with Crippen molar-refractivity contribution >= 4 is 33.9 Å². The molecule has 6 nitrogen and oxygen atoms in total. The number of quaternary nitrogens is 1. The zero-order valence-corrected chi connectivity index (χ0v) is 17.9. The summed E-state index contributed by atoms with van der Waals surface area (Å²) >= 11 is 6.18. The monoisotopic (exact) mass is 422 g/mol. The molecule has 0 spiro atoms. The van der Waals surface area contributed by atoms with Gasteiger partial charge < -0.3 is 19.9 Å². The van der Waals surface area contributed by atoms with Gasteiger partial charge in [0.05, 0.1) is 37.2 Å². The number of nitrogens with zero attached hydrogens (tertiary/aromatic N) is 3. The van der Waals surface area contributed by atoms with Crippen molar-refractivity contribution in [3.63, 3.8) is 0 Å². The fourth-order valence-corrected chi connectivity index (χ4v) is 4.27. The third-order valence-electron chi connectivity index (χ3n) is 5.93. The summed E-state index contributed by atoms with van der Waals surface area (Å²) in [5, 5.41) is 21.4. The van der Waals surface area contributed by atoms with Crippen LogP contribution in [0.5, 0.6) is 0 Å². The van der Waals surface area contributed by atoms with Gasteiger partial charge in [0.1, 0.15) is 17.7 Å². The Morgan fingerprint density at radius 1 is 1.27 bits per heavy atom. The topological polar surface area (TPSA) is 80.4 Å². The summed E-state index contributed by atoms with van der Waals surface area (Å²) in [6, 6.07) is 15.5. The number of allylic oxidation sites excluding steroid dienone is 1. The number of aromatic amines is 1. The molecule has 154 valence electrons. The van der Waals surface area contributed by atoms with Crippen LogP contribution in [0.2, 0.25) is 5.02 Å². The highest BCUT2D eigenvalue weighted by Crippen LogP contribution is 2.24. The number of aromatic nitrogens is 2. The maximum atomic E-state index is 10.9. The largest absolute Gasteiger partial charge is 0.505 e. The van der Waals surface area contributed by atoms with Crippen molar-refractivity contribution in [3.8, 4) is 6.07 Å². The molecule has 1 aliphatic rings. The molecular weight excluding hydrogens is 398 g/mol. The van der Waals surface area contributed by atoms with E-state index in [0.29, 0.717) is 5.82 Å². The quantitative estimate of drug-likeness (QED) is 0.446. The van der Waals surface area contributed by atoms with E-state index in [1.165, 1.54) is 10.5 Å². The van der Waals surface area contributed by atoms with Gasteiger partial charge in [-0.15, -0.1) is 0 Å². The molecule has 2 aromatic carbocycles. The van der Waals surface area contributed by atoms with Gasteiger partial charge in [-0.3, -0.25) is 0 Å². The lowest BCUT2D eigenvalue weighted by molar-refractivity contribution is -0.919. The Hall–Kier alpha value is -3.01. The molecule has 0 radical (unpaired) electrons. The highest BCUT2D eigenvalue weighted by atomic mass is 35.5. The zero-order chi connectivity index (χ0) is 21.3. The number of rotatable bonds is 4. The Bertz CT molecular complexity index is 1100. The van der Waals surface area contributed by atoms with E-state index >= 15 is 0 Å². The van der Waals surface area contributed by atoms with Crippen molar-refractivity contribution in [2.24, 2.45) is 0 Å². The lowest BCUT2D eigenvalue weighted by Gasteiger charge is -2.37.